The summed E-state index contributed by atoms with van der Waals surface area (Å²) in [6.07, 6.45) is 0.528. The normalized spacial score (nSPS) is 21.6. The molecule has 0 radical (unpaired) electrons. The highest BCUT2D eigenvalue weighted by Crippen LogP contribution is 2.34. The fourth-order valence-corrected chi connectivity index (χ4v) is 3.20. The van der Waals surface area contributed by atoms with Crippen molar-refractivity contribution in [3.8, 4) is 0 Å². The molecule has 0 saturated heterocycles. The zero-order chi connectivity index (χ0) is 14.2. The van der Waals surface area contributed by atoms with Crippen LogP contribution >= 0.6 is 11.3 Å². The zero-order valence-electron chi connectivity index (χ0n) is 11.1. The Bertz CT molecular complexity index is 661. The van der Waals surface area contributed by atoms with Gasteiger partial charge in [0, 0.05) is 11.3 Å². The summed E-state index contributed by atoms with van der Waals surface area (Å²) in [6, 6.07) is 11.9. The highest BCUT2D eigenvalue weighted by Gasteiger charge is 2.45. The quantitative estimate of drug-likeness (QED) is 0.905. The Morgan fingerprint density at radius 2 is 2.05 bits per heavy atom. The van der Waals surface area contributed by atoms with E-state index in [0.717, 1.165) is 16.0 Å². The van der Waals surface area contributed by atoms with Crippen molar-refractivity contribution in [1.82, 2.24) is 5.32 Å². The van der Waals surface area contributed by atoms with Crippen LogP contribution in [0.5, 0.6) is 0 Å². The molecule has 1 aromatic heterocycles. The van der Waals surface area contributed by atoms with E-state index in [2.05, 4.69) is 10.3 Å². The second-order valence-electron chi connectivity index (χ2n) is 4.93. The van der Waals surface area contributed by atoms with E-state index in [-0.39, 0.29) is 11.9 Å². The zero-order valence-corrected chi connectivity index (χ0v) is 11.9. The maximum Gasteiger partial charge on any atom is 0.259 e. The number of nitrogens with two attached hydrogens (primary N) is 1. The number of aliphatic imine (C=N–C) groups is 1. The van der Waals surface area contributed by atoms with Crippen molar-refractivity contribution in [1.29, 1.82) is 0 Å². The number of hydrogen-bond acceptors (Lipinski definition) is 4. The third-order valence-corrected chi connectivity index (χ3v) is 4.34. The minimum atomic E-state index is -0.942. The second-order valence-corrected chi connectivity index (χ2v) is 5.97. The number of guanidine groups is 1. The summed E-state index contributed by atoms with van der Waals surface area (Å²) in [7, 11) is 0. The van der Waals surface area contributed by atoms with Crippen LogP contribution in [-0.2, 0) is 16.8 Å². The Balaban J connectivity index is 2.08. The molecule has 1 atom stereocenters. The molecule has 1 aliphatic heterocycles. The molecule has 0 fully saturated rings. The van der Waals surface area contributed by atoms with Gasteiger partial charge in [-0.3, -0.25) is 10.1 Å². The molecular weight excluding hydrogens is 270 g/mol. The van der Waals surface area contributed by atoms with Gasteiger partial charge in [0.2, 0.25) is 0 Å². The summed E-state index contributed by atoms with van der Waals surface area (Å²) in [4.78, 5) is 17.9. The minimum absolute atomic E-state index is 0.160. The molecule has 3 rings (SSSR count). The van der Waals surface area contributed by atoms with Crippen molar-refractivity contribution in [2.45, 2.75) is 18.9 Å². The third-order valence-electron chi connectivity index (χ3n) is 3.47. The van der Waals surface area contributed by atoms with Gasteiger partial charge in [0.05, 0.1) is 0 Å². The molecule has 20 heavy (non-hydrogen) atoms. The van der Waals surface area contributed by atoms with Crippen LogP contribution in [0.3, 0.4) is 0 Å². The lowest BCUT2D eigenvalue weighted by atomic mass is 9.86. The third kappa shape index (κ3) is 2.10. The van der Waals surface area contributed by atoms with Gasteiger partial charge in [-0.05, 0) is 23.9 Å². The van der Waals surface area contributed by atoms with E-state index in [1.165, 1.54) is 0 Å². The highest BCUT2D eigenvalue weighted by atomic mass is 32.1. The van der Waals surface area contributed by atoms with Crippen molar-refractivity contribution in [2.75, 3.05) is 0 Å². The van der Waals surface area contributed by atoms with E-state index in [1.54, 1.807) is 11.3 Å². The SMILES string of the molecule is Cc1ccc(C2(Cc3cccs3)N=C(N)NC2=O)cc1. The molecule has 0 bridgehead atoms. The van der Waals surface area contributed by atoms with Gasteiger partial charge >= 0.3 is 0 Å². The molecule has 4 nitrogen and oxygen atoms in total. The molecular formula is C15H15N3OS. The number of nitrogens with zero attached hydrogens (tertiary/aromatic N) is 1. The van der Waals surface area contributed by atoms with Crippen LogP contribution in [0.15, 0.2) is 46.8 Å². The predicted octanol–water partition coefficient (Wildman–Crippen LogP) is 1.94. The van der Waals surface area contributed by atoms with Crippen molar-refractivity contribution < 1.29 is 4.79 Å². The summed E-state index contributed by atoms with van der Waals surface area (Å²) in [5.74, 6) is 0.0272. The highest BCUT2D eigenvalue weighted by molar-refractivity contribution is 7.09. The van der Waals surface area contributed by atoms with Crippen molar-refractivity contribution in [2.24, 2.45) is 10.7 Å². The molecule has 1 aliphatic rings. The molecule has 1 amide bonds. The first kappa shape index (κ1) is 12.9. The molecule has 0 saturated carbocycles. The lowest BCUT2D eigenvalue weighted by molar-refractivity contribution is -0.124. The first-order valence-electron chi connectivity index (χ1n) is 6.36. The number of hydrogen-bond donors (Lipinski definition) is 2. The first-order valence-corrected chi connectivity index (χ1v) is 7.24. The number of carbonyl (C=O) groups excluding carboxylic acids is 1. The van der Waals surface area contributed by atoms with Crippen LogP contribution in [0.2, 0.25) is 0 Å². The first-order chi connectivity index (χ1) is 9.60. The molecule has 0 spiro atoms. The number of carbonyl (C=O) groups is 1. The summed E-state index contributed by atoms with van der Waals surface area (Å²) in [5, 5.41) is 4.62. The number of aryl methyl sites for hydroxylation is 1. The summed E-state index contributed by atoms with van der Waals surface area (Å²) in [5.41, 5.74) is 6.79. The Labute approximate surface area is 121 Å². The van der Waals surface area contributed by atoms with Crippen LogP contribution in [0.25, 0.3) is 0 Å². The standard InChI is InChI=1S/C15H15N3OS/c1-10-4-6-11(7-5-10)15(9-12-3-2-8-20-12)13(19)17-14(16)18-15/h2-8H,9H2,1H3,(H3,16,17,18,19). The molecule has 0 aliphatic carbocycles. The van der Waals surface area contributed by atoms with E-state index < -0.39 is 5.54 Å². The molecule has 102 valence electrons. The van der Waals surface area contributed by atoms with Gasteiger partial charge in [-0.15, -0.1) is 11.3 Å². The number of amides is 1. The van der Waals surface area contributed by atoms with Gasteiger partial charge in [-0.2, -0.15) is 0 Å². The van der Waals surface area contributed by atoms with Gasteiger partial charge in [0.25, 0.3) is 5.91 Å². The van der Waals surface area contributed by atoms with Crippen LogP contribution in [-0.4, -0.2) is 11.9 Å². The number of benzene rings is 1. The molecule has 2 heterocycles. The van der Waals surface area contributed by atoms with Crippen LogP contribution < -0.4 is 11.1 Å². The maximum atomic E-state index is 12.4. The van der Waals surface area contributed by atoms with Gasteiger partial charge in [-0.25, -0.2) is 4.99 Å². The van der Waals surface area contributed by atoms with Crippen LogP contribution in [0.4, 0.5) is 0 Å². The smallest absolute Gasteiger partial charge is 0.259 e. The van der Waals surface area contributed by atoms with E-state index in [4.69, 9.17) is 5.73 Å². The number of nitrogens with one attached hydrogen (secondary N) is 1. The Morgan fingerprint density at radius 3 is 2.60 bits per heavy atom. The second kappa shape index (κ2) is 4.76. The fraction of sp³-hybridized carbons (Fsp3) is 0.200. The van der Waals surface area contributed by atoms with Crippen LogP contribution in [0, 0.1) is 6.92 Å². The lowest BCUT2D eigenvalue weighted by Crippen LogP contribution is -2.40. The molecule has 2 aromatic rings. The van der Waals surface area contributed by atoms with E-state index >= 15 is 0 Å². The topological polar surface area (TPSA) is 67.5 Å². The lowest BCUT2D eigenvalue weighted by Gasteiger charge is -2.23. The number of thiophene rings is 1. The van der Waals surface area contributed by atoms with E-state index in [9.17, 15) is 4.79 Å². The fourth-order valence-electron chi connectivity index (χ4n) is 2.42. The van der Waals surface area contributed by atoms with Gasteiger partial charge in [0.15, 0.2) is 11.5 Å². The average molecular weight is 285 g/mol. The Morgan fingerprint density at radius 1 is 1.30 bits per heavy atom. The van der Waals surface area contributed by atoms with Crippen molar-refractivity contribution in [3.05, 3.63) is 57.8 Å². The van der Waals surface area contributed by atoms with Gasteiger partial charge < -0.3 is 5.73 Å². The van der Waals surface area contributed by atoms with Crippen molar-refractivity contribution >= 4 is 23.2 Å². The monoisotopic (exact) mass is 285 g/mol. The summed E-state index contributed by atoms with van der Waals surface area (Å²) < 4.78 is 0. The van der Waals surface area contributed by atoms with E-state index in [1.807, 2.05) is 48.7 Å². The predicted molar refractivity (Wildman–Crippen MR) is 80.6 cm³/mol. The van der Waals surface area contributed by atoms with Gasteiger partial charge in [-0.1, -0.05) is 35.9 Å². The largest absolute Gasteiger partial charge is 0.370 e. The molecule has 3 N–H and O–H groups in total. The minimum Gasteiger partial charge on any atom is -0.370 e. The molecule has 5 heteroatoms. The maximum absolute atomic E-state index is 12.4. The summed E-state index contributed by atoms with van der Waals surface area (Å²) >= 11 is 1.62. The molecule has 1 unspecified atom stereocenters. The Hall–Kier alpha value is -2.14. The molecule has 1 aromatic carbocycles. The van der Waals surface area contributed by atoms with Gasteiger partial charge in [0.1, 0.15) is 0 Å². The number of rotatable bonds is 3. The summed E-state index contributed by atoms with van der Waals surface area (Å²) in [6.45, 7) is 2.02. The average Bonchev–Trinajstić information content (AvgIpc) is 3.00. The van der Waals surface area contributed by atoms with E-state index in [0.29, 0.717) is 6.42 Å². The Kier molecular flexibility index (Phi) is 3.06. The van der Waals surface area contributed by atoms with Crippen LogP contribution in [0.1, 0.15) is 16.0 Å². The van der Waals surface area contributed by atoms with Crippen molar-refractivity contribution in [3.63, 3.8) is 0 Å².